The van der Waals surface area contributed by atoms with Crippen LogP contribution in [0.15, 0.2) is 111 Å². The Morgan fingerprint density at radius 2 is 1.56 bits per heavy atom. The first-order valence-electron chi connectivity index (χ1n) is 10.7. The zero-order valence-electron chi connectivity index (χ0n) is 18.1. The highest BCUT2D eigenvalue weighted by Crippen LogP contribution is 2.23. The van der Waals surface area contributed by atoms with Gasteiger partial charge in [-0.2, -0.15) is 5.10 Å². The Balaban J connectivity index is 1.38. The minimum absolute atomic E-state index is 0.0300. The molecule has 2 amide bonds. The third-order valence-corrected chi connectivity index (χ3v) is 5.60. The van der Waals surface area contributed by atoms with Gasteiger partial charge >= 0.3 is 0 Å². The first kappa shape index (κ1) is 23.2. The van der Waals surface area contributed by atoms with Crippen molar-refractivity contribution in [2.75, 3.05) is 0 Å². The van der Waals surface area contributed by atoms with E-state index in [0.29, 0.717) is 17.1 Å². The second kappa shape index (κ2) is 11.2. The van der Waals surface area contributed by atoms with Gasteiger partial charge in [-0.1, -0.05) is 76.6 Å². The number of nitrogens with zero attached hydrogens (tertiary/aromatic N) is 1. The fourth-order valence-corrected chi connectivity index (χ4v) is 3.62. The van der Waals surface area contributed by atoms with Gasteiger partial charge in [-0.3, -0.25) is 9.59 Å². The molecule has 0 spiro atoms. The first-order chi connectivity index (χ1) is 16.6. The molecule has 0 aliphatic heterocycles. The van der Waals surface area contributed by atoms with Gasteiger partial charge in [-0.15, -0.1) is 0 Å². The number of hydrogen-bond donors (Lipinski definition) is 2. The summed E-state index contributed by atoms with van der Waals surface area (Å²) in [7, 11) is 0. The second-order valence-corrected chi connectivity index (χ2v) is 8.42. The molecule has 0 saturated carbocycles. The molecule has 0 unspecified atom stereocenters. The van der Waals surface area contributed by atoms with Gasteiger partial charge in [0, 0.05) is 15.6 Å². The van der Waals surface area contributed by atoms with Gasteiger partial charge < -0.3 is 9.73 Å². The maximum absolute atomic E-state index is 12.7. The largest absolute Gasteiger partial charge is 0.455 e. The van der Waals surface area contributed by atoms with E-state index in [1.807, 2.05) is 66.7 Å². The van der Waals surface area contributed by atoms with E-state index in [1.54, 1.807) is 30.3 Å². The van der Waals surface area contributed by atoms with E-state index in [2.05, 4.69) is 31.8 Å². The molecule has 0 bridgehead atoms. The number of benzene rings is 3. The lowest BCUT2D eigenvalue weighted by Gasteiger charge is -2.18. The molecule has 170 valence electrons. The summed E-state index contributed by atoms with van der Waals surface area (Å²) in [6.45, 7) is 0. The second-order valence-electron chi connectivity index (χ2n) is 7.51. The van der Waals surface area contributed by atoms with Crippen molar-refractivity contribution in [2.45, 2.75) is 12.5 Å². The Bertz CT molecular complexity index is 1270. The Kier molecular flexibility index (Phi) is 7.67. The van der Waals surface area contributed by atoms with Crippen LogP contribution in [-0.4, -0.2) is 18.0 Å². The molecule has 6 nitrogen and oxygen atoms in total. The van der Waals surface area contributed by atoms with E-state index in [0.717, 1.165) is 15.6 Å². The van der Waals surface area contributed by atoms with Crippen LogP contribution in [0.1, 0.15) is 34.1 Å². The molecule has 0 saturated heterocycles. The van der Waals surface area contributed by atoms with Crippen molar-refractivity contribution in [3.8, 4) is 11.3 Å². The maximum Gasteiger partial charge on any atom is 0.251 e. The predicted molar refractivity (Wildman–Crippen MR) is 135 cm³/mol. The van der Waals surface area contributed by atoms with Gasteiger partial charge in [-0.05, 0) is 42.0 Å². The fourth-order valence-electron chi connectivity index (χ4n) is 3.36. The summed E-state index contributed by atoms with van der Waals surface area (Å²) in [5.41, 5.74) is 4.81. The minimum Gasteiger partial charge on any atom is -0.455 e. The predicted octanol–water partition coefficient (Wildman–Crippen LogP) is 5.72. The molecule has 34 heavy (non-hydrogen) atoms. The lowest BCUT2D eigenvalue weighted by atomic mass is 10.0. The van der Waals surface area contributed by atoms with Crippen LogP contribution in [0.2, 0.25) is 0 Å². The van der Waals surface area contributed by atoms with Crippen LogP contribution >= 0.6 is 15.9 Å². The SMILES string of the molecule is O=C(C[C@H](NC(=O)c1ccccc1)c1ccccc1)N/N=C\c1ccc(-c2ccc(Br)cc2)o1. The van der Waals surface area contributed by atoms with Gasteiger partial charge in [0.1, 0.15) is 11.5 Å². The number of carbonyl (C=O) groups is 2. The summed E-state index contributed by atoms with van der Waals surface area (Å²) in [6, 6.07) is 29.1. The highest BCUT2D eigenvalue weighted by Gasteiger charge is 2.19. The molecule has 1 heterocycles. The lowest BCUT2D eigenvalue weighted by Crippen LogP contribution is -2.32. The van der Waals surface area contributed by atoms with Crippen LogP contribution in [0.4, 0.5) is 0 Å². The summed E-state index contributed by atoms with van der Waals surface area (Å²) in [5, 5.41) is 6.95. The Hall–Kier alpha value is -3.97. The monoisotopic (exact) mass is 515 g/mol. The number of furan rings is 1. The first-order valence-corrected chi connectivity index (χ1v) is 11.5. The molecule has 1 aromatic heterocycles. The van der Waals surface area contributed by atoms with E-state index in [-0.39, 0.29) is 18.2 Å². The zero-order chi connectivity index (χ0) is 23.8. The zero-order valence-corrected chi connectivity index (χ0v) is 19.7. The van der Waals surface area contributed by atoms with E-state index in [1.165, 1.54) is 6.21 Å². The molecular formula is C27H22BrN3O3. The van der Waals surface area contributed by atoms with Crippen LogP contribution in [-0.2, 0) is 4.79 Å². The van der Waals surface area contributed by atoms with Gasteiger partial charge in [0.15, 0.2) is 0 Å². The molecule has 0 fully saturated rings. The summed E-state index contributed by atoms with van der Waals surface area (Å²) in [4.78, 5) is 25.2. The van der Waals surface area contributed by atoms with E-state index >= 15 is 0 Å². The smallest absolute Gasteiger partial charge is 0.251 e. The number of hydrogen-bond acceptors (Lipinski definition) is 4. The molecule has 4 rings (SSSR count). The lowest BCUT2D eigenvalue weighted by molar-refractivity contribution is -0.121. The summed E-state index contributed by atoms with van der Waals surface area (Å²) in [6.07, 6.45) is 1.47. The van der Waals surface area contributed by atoms with Crippen LogP contribution in [0.25, 0.3) is 11.3 Å². The third kappa shape index (κ3) is 6.30. The van der Waals surface area contributed by atoms with Crippen molar-refractivity contribution < 1.29 is 14.0 Å². The summed E-state index contributed by atoms with van der Waals surface area (Å²) >= 11 is 3.41. The fraction of sp³-hybridized carbons (Fsp3) is 0.0741. The van der Waals surface area contributed by atoms with Crippen LogP contribution in [0.5, 0.6) is 0 Å². The molecule has 4 aromatic rings. The van der Waals surface area contributed by atoms with E-state index in [4.69, 9.17) is 4.42 Å². The Morgan fingerprint density at radius 1 is 0.882 bits per heavy atom. The quantitative estimate of drug-likeness (QED) is 0.232. The number of halogens is 1. The van der Waals surface area contributed by atoms with Crippen molar-refractivity contribution in [3.05, 3.63) is 118 Å². The topological polar surface area (TPSA) is 83.7 Å². The van der Waals surface area contributed by atoms with Crippen molar-refractivity contribution in [2.24, 2.45) is 5.10 Å². The molecule has 0 aliphatic rings. The number of nitrogens with one attached hydrogen (secondary N) is 2. The normalized spacial score (nSPS) is 11.8. The number of carbonyl (C=O) groups excluding carboxylic acids is 2. The van der Waals surface area contributed by atoms with Crippen molar-refractivity contribution in [1.82, 2.24) is 10.7 Å². The van der Waals surface area contributed by atoms with Crippen molar-refractivity contribution >= 4 is 34.0 Å². The molecule has 7 heteroatoms. The summed E-state index contributed by atoms with van der Waals surface area (Å²) in [5.74, 6) is 0.628. The third-order valence-electron chi connectivity index (χ3n) is 5.07. The van der Waals surface area contributed by atoms with Gasteiger partial charge in [0.2, 0.25) is 5.91 Å². The standard InChI is InChI=1S/C27H22BrN3O3/c28-22-13-11-20(12-14-22)25-16-15-23(34-25)18-29-31-26(32)17-24(19-7-3-1-4-8-19)30-27(33)21-9-5-2-6-10-21/h1-16,18,24H,17H2,(H,30,33)(H,31,32)/b29-18-/t24-/m0/s1. The molecule has 2 N–H and O–H groups in total. The minimum atomic E-state index is -0.503. The van der Waals surface area contributed by atoms with Crippen LogP contribution in [0, 0.1) is 0 Å². The van der Waals surface area contributed by atoms with Crippen molar-refractivity contribution in [3.63, 3.8) is 0 Å². The Labute approximate surface area is 205 Å². The number of rotatable bonds is 8. The average molecular weight is 516 g/mol. The highest BCUT2D eigenvalue weighted by molar-refractivity contribution is 9.10. The molecule has 0 aliphatic carbocycles. The van der Waals surface area contributed by atoms with Crippen molar-refractivity contribution in [1.29, 1.82) is 0 Å². The van der Waals surface area contributed by atoms with Gasteiger partial charge in [0.25, 0.3) is 5.91 Å². The van der Waals surface area contributed by atoms with Gasteiger partial charge in [0.05, 0.1) is 18.7 Å². The van der Waals surface area contributed by atoms with E-state index < -0.39 is 6.04 Å². The number of amides is 2. The maximum atomic E-state index is 12.7. The highest BCUT2D eigenvalue weighted by atomic mass is 79.9. The molecule has 1 atom stereocenters. The van der Waals surface area contributed by atoms with Gasteiger partial charge in [-0.25, -0.2) is 5.43 Å². The Morgan fingerprint density at radius 3 is 2.26 bits per heavy atom. The number of hydrazone groups is 1. The van der Waals surface area contributed by atoms with Crippen LogP contribution < -0.4 is 10.7 Å². The van der Waals surface area contributed by atoms with E-state index in [9.17, 15) is 9.59 Å². The molecule has 0 radical (unpaired) electrons. The molecule has 3 aromatic carbocycles. The molecular weight excluding hydrogens is 494 g/mol. The average Bonchev–Trinajstić information content (AvgIpc) is 3.34. The van der Waals surface area contributed by atoms with Crippen LogP contribution in [0.3, 0.4) is 0 Å². The summed E-state index contributed by atoms with van der Waals surface area (Å²) < 4.78 is 6.76.